The minimum absolute atomic E-state index is 0.00258. The molecule has 0 saturated carbocycles. The van der Waals surface area contributed by atoms with E-state index in [1.165, 1.54) is 17.1 Å². The van der Waals surface area contributed by atoms with E-state index in [2.05, 4.69) is 13.2 Å². The Hall–Kier alpha value is -3.95. The van der Waals surface area contributed by atoms with Crippen LogP contribution in [0.25, 0.3) is 25.7 Å². The fourth-order valence-corrected chi connectivity index (χ4v) is 6.61. The van der Waals surface area contributed by atoms with Crippen molar-refractivity contribution in [2.45, 2.75) is 38.5 Å². The molecule has 8 nitrogen and oxygen atoms in total. The lowest BCUT2D eigenvalue weighted by atomic mass is 9.82. The van der Waals surface area contributed by atoms with Crippen LogP contribution in [0.4, 0.5) is 4.79 Å². The number of nitrogens with zero attached hydrogens (tertiary/aromatic N) is 1. The van der Waals surface area contributed by atoms with Crippen LogP contribution in [0.3, 0.4) is 0 Å². The normalized spacial score (nSPS) is 19.9. The zero-order chi connectivity index (χ0) is 27.8. The highest BCUT2D eigenvalue weighted by Gasteiger charge is 2.58. The predicted octanol–water partition coefficient (Wildman–Crippen LogP) is 5.51. The summed E-state index contributed by atoms with van der Waals surface area (Å²) in [7, 11) is 0. The maximum atomic E-state index is 13.3. The molecule has 4 atom stereocenters. The van der Waals surface area contributed by atoms with E-state index in [4.69, 9.17) is 14.2 Å². The van der Waals surface area contributed by atoms with Crippen LogP contribution in [0.5, 0.6) is 0 Å². The highest BCUT2D eigenvalue weighted by molar-refractivity contribution is 7.26. The summed E-state index contributed by atoms with van der Waals surface area (Å²) >= 11 is 1.59. The summed E-state index contributed by atoms with van der Waals surface area (Å²) in [6, 6.07) is 11.4. The van der Waals surface area contributed by atoms with Gasteiger partial charge in [0, 0.05) is 20.2 Å². The topological polar surface area (TPSA) is 102 Å². The lowest BCUT2D eigenvalue weighted by molar-refractivity contribution is -0.162. The molecule has 2 aromatic carbocycles. The number of hydrogen-bond donors (Lipinski definition) is 1. The zero-order valence-electron chi connectivity index (χ0n) is 21.7. The van der Waals surface area contributed by atoms with Crippen LogP contribution in [0.15, 0.2) is 67.4 Å². The second-order valence-electron chi connectivity index (χ2n) is 9.61. The van der Waals surface area contributed by atoms with E-state index in [0.29, 0.717) is 12.0 Å². The van der Waals surface area contributed by atoms with Crippen molar-refractivity contribution in [2.24, 2.45) is 5.92 Å². The Bertz CT molecular complexity index is 1530. The molecule has 1 saturated heterocycles. The number of amides is 1. The number of carbonyl (C=O) groups is 3. The molecular weight excluding hydrogens is 518 g/mol. The number of hydrogen-bond acceptors (Lipinski definition) is 8. The monoisotopic (exact) mass is 547 g/mol. The van der Waals surface area contributed by atoms with Crippen LogP contribution >= 0.6 is 11.3 Å². The number of rotatable bonds is 9. The van der Waals surface area contributed by atoms with E-state index in [9.17, 15) is 19.5 Å². The van der Waals surface area contributed by atoms with Gasteiger partial charge in [0.05, 0.1) is 18.1 Å². The lowest BCUT2D eigenvalue weighted by Gasteiger charge is -2.45. The van der Waals surface area contributed by atoms with Crippen LogP contribution in [-0.2, 0) is 23.8 Å². The average Bonchev–Trinajstić information content (AvgIpc) is 3.46. The Kier molecular flexibility index (Phi) is 7.29. The van der Waals surface area contributed by atoms with E-state index in [1.807, 2.05) is 36.4 Å². The molecule has 0 spiro atoms. The van der Waals surface area contributed by atoms with Crippen LogP contribution in [0.1, 0.15) is 37.5 Å². The molecule has 0 radical (unpaired) electrons. The van der Waals surface area contributed by atoms with E-state index in [1.54, 1.807) is 25.2 Å². The van der Waals surface area contributed by atoms with Crippen molar-refractivity contribution in [3.05, 3.63) is 78.5 Å². The molecule has 0 bridgehead atoms. The minimum atomic E-state index is -0.878. The summed E-state index contributed by atoms with van der Waals surface area (Å²) in [4.78, 5) is 40.1. The molecular formula is C30H29NO7S. The van der Waals surface area contributed by atoms with Crippen LogP contribution in [-0.4, -0.2) is 53.4 Å². The lowest BCUT2D eigenvalue weighted by Crippen LogP contribution is -2.62. The number of esters is 1. The molecule has 2 aliphatic rings. The van der Waals surface area contributed by atoms with Gasteiger partial charge in [0.25, 0.3) is 0 Å². The minimum Gasteiger partial charge on any atom is -0.457 e. The Morgan fingerprint density at radius 2 is 1.87 bits per heavy atom. The first kappa shape index (κ1) is 26.6. The Balaban J connectivity index is 1.55. The molecule has 5 rings (SSSR count). The summed E-state index contributed by atoms with van der Waals surface area (Å²) in [6.07, 6.45) is 1.08. The second-order valence-corrected chi connectivity index (χ2v) is 10.7. The number of benzene rings is 2. The molecule has 1 N–H and O–H groups in total. The molecule has 0 aliphatic carbocycles. The largest absolute Gasteiger partial charge is 0.508 e. The van der Waals surface area contributed by atoms with Gasteiger partial charge in [-0.2, -0.15) is 0 Å². The third kappa shape index (κ3) is 4.62. The highest BCUT2D eigenvalue weighted by atomic mass is 32.1. The molecule has 9 heteroatoms. The Morgan fingerprint density at radius 3 is 2.59 bits per heavy atom. The average molecular weight is 548 g/mol. The number of ether oxygens (including phenoxy) is 3. The van der Waals surface area contributed by atoms with Crippen molar-refractivity contribution in [3.8, 4) is 0 Å². The van der Waals surface area contributed by atoms with Gasteiger partial charge in [-0.15, -0.1) is 11.3 Å². The summed E-state index contributed by atoms with van der Waals surface area (Å²) in [5, 5.41) is 12.1. The van der Waals surface area contributed by atoms with Crippen molar-refractivity contribution in [3.63, 3.8) is 0 Å². The maximum absolute atomic E-state index is 13.3. The van der Waals surface area contributed by atoms with Crippen molar-refractivity contribution in [1.29, 1.82) is 0 Å². The number of aliphatic hydroxyl groups is 1. The fraction of sp³-hybridized carbons (Fsp3) is 0.300. The Morgan fingerprint density at radius 1 is 1.13 bits per heavy atom. The number of fused-ring (bicyclic) bond motifs is 4. The number of carbonyl (C=O) groups excluding carboxylic acids is 3. The van der Waals surface area contributed by atoms with Gasteiger partial charge in [-0.3, -0.25) is 4.79 Å². The third-order valence-electron chi connectivity index (χ3n) is 7.17. The third-order valence-corrected chi connectivity index (χ3v) is 8.39. The quantitative estimate of drug-likeness (QED) is 0.214. The smallest absolute Gasteiger partial charge is 0.457 e. The van der Waals surface area contributed by atoms with Gasteiger partial charge < -0.3 is 24.2 Å². The van der Waals surface area contributed by atoms with E-state index in [-0.39, 0.29) is 30.9 Å². The van der Waals surface area contributed by atoms with Gasteiger partial charge in [-0.1, -0.05) is 49.6 Å². The summed E-state index contributed by atoms with van der Waals surface area (Å²) < 4.78 is 17.7. The first-order chi connectivity index (χ1) is 18.8. The standard InChI is InChI=1S/C30H29NO7S/c1-5-12-36-29(34)26-22(15-23-25(28(33)31(23)26)17(4)38-30(35)37-13-6-2)20-9-7-8-19-21-14-18(16(3)32)10-11-24(21)39-27(19)20/h5-11,14,16-17,23,25,32H,1-2,12-13,15H2,3-4H3/t16?,17-,23-,25-/m1/s1. The predicted molar refractivity (Wildman–Crippen MR) is 149 cm³/mol. The van der Waals surface area contributed by atoms with Crippen molar-refractivity contribution in [1.82, 2.24) is 4.90 Å². The molecule has 3 aromatic rings. The fourth-order valence-electron chi connectivity index (χ4n) is 5.39. The van der Waals surface area contributed by atoms with Crippen LogP contribution in [0.2, 0.25) is 0 Å². The van der Waals surface area contributed by atoms with Crippen molar-refractivity contribution >= 4 is 55.1 Å². The van der Waals surface area contributed by atoms with Gasteiger partial charge in [0.1, 0.15) is 25.0 Å². The molecule has 2 aliphatic heterocycles. The van der Waals surface area contributed by atoms with E-state index < -0.39 is 30.3 Å². The number of β-lactam (4-membered cyclic amide) rings is 1. The van der Waals surface area contributed by atoms with Crippen molar-refractivity contribution in [2.75, 3.05) is 13.2 Å². The van der Waals surface area contributed by atoms with Crippen molar-refractivity contribution < 1.29 is 33.7 Å². The molecule has 1 aromatic heterocycles. The van der Waals surface area contributed by atoms with Gasteiger partial charge in [-0.25, -0.2) is 9.59 Å². The molecule has 1 unspecified atom stereocenters. The summed E-state index contributed by atoms with van der Waals surface area (Å²) in [5.41, 5.74) is 2.58. The van der Waals surface area contributed by atoms with E-state index >= 15 is 0 Å². The zero-order valence-corrected chi connectivity index (χ0v) is 22.5. The number of aliphatic hydroxyl groups excluding tert-OH is 1. The second kappa shape index (κ2) is 10.7. The highest BCUT2D eigenvalue weighted by Crippen LogP contribution is 2.50. The first-order valence-electron chi connectivity index (χ1n) is 12.7. The molecule has 202 valence electrons. The van der Waals surface area contributed by atoms with Crippen LogP contribution in [0, 0.1) is 5.92 Å². The molecule has 1 amide bonds. The summed E-state index contributed by atoms with van der Waals surface area (Å²) in [5.74, 6) is -1.54. The van der Waals surface area contributed by atoms with Gasteiger partial charge >= 0.3 is 12.1 Å². The van der Waals surface area contributed by atoms with Gasteiger partial charge in [-0.05, 0) is 49.1 Å². The Labute approximate surface area is 229 Å². The summed E-state index contributed by atoms with van der Waals surface area (Å²) in [6.45, 7) is 10.5. The van der Waals surface area contributed by atoms with Gasteiger partial charge in [0.15, 0.2) is 0 Å². The molecule has 1 fully saturated rings. The van der Waals surface area contributed by atoms with E-state index in [0.717, 1.165) is 31.3 Å². The SMILES string of the molecule is C=CCOC(=O)O[C@H](C)[C@H]1C(=O)N2C(C(=O)OCC=C)=C(c3cccc4c3sc3ccc(C(C)O)cc34)C[C@H]12. The maximum Gasteiger partial charge on any atom is 0.508 e. The van der Waals surface area contributed by atoms with Crippen LogP contribution < -0.4 is 0 Å². The number of thiophene rings is 1. The molecule has 3 heterocycles. The molecule has 39 heavy (non-hydrogen) atoms. The first-order valence-corrected chi connectivity index (χ1v) is 13.5. The van der Waals surface area contributed by atoms with Gasteiger partial charge in [0.2, 0.25) is 5.91 Å².